The van der Waals surface area contributed by atoms with Crippen molar-refractivity contribution in [3.8, 4) is 11.5 Å². The van der Waals surface area contributed by atoms with Crippen LogP contribution in [0.5, 0.6) is 11.5 Å². The zero-order valence-corrected chi connectivity index (χ0v) is 18.4. The fourth-order valence-electron chi connectivity index (χ4n) is 3.55. The first kappa shape index (κ1) is 22.1. The predicted molar refractivity (Wildman–Crippen MR) is 127 cm³/mol. The largest absolute Gasteiger partial charge is 0.494 e. The van der Waals surface area contributed by atoms with Crippen LogP contribution in [0, 0.1) is 0 Å². The van der Waals surface area contributed by atoms with E-state index in [1.54, 1.807) is 42.5 Å². The van der Waals surface area contributed by atoms with E-state index in [1.165, 1.54) is 6.08 Å². The molecule has 1 aliphatic heterocycles. The Morgan fingerprint density at radius 2 is 2.00 bits per heavy atom. The van der Waals surface area contributed by atoms with E-state index in [4.69, 9.17) is 9.47 Å². The van der Waals surface area contributed by atoms with Gasteiger partial charge in [0.1, 0.15) is 18.1 Å². The van der Waals surface area contributed by atoms with Crippen LogP contribution >= 0.6 is 0 Å². The zero-order valence-electron chi connectivity index (χ0n) is 18.4. The van der Waals surface area contributed by atoms with Crippen molar-refractivity contribution in [3.05, 3.63) is 84.2 Å². The normalized spacial score (nSPS) is 13.4. The van der Waals surface area contributed by atoms with Crippen LogP contribution in [0.4, 0.5) is 11.4 Å². The second-order valence-corrected chi connectivity index (χ2v) is 7.54. The molecule has 4 rings (SSSR count). The highest BCUT2D eigenvalue weighted by Gasteiger charge is 2.24. The average Bonchev–Trinajstić information content (AvgIpc) is 3.28. The van der Waals surface area contributed by atoms with Gasteiger partial charge < -0.3 is 19.7 Å². The Morgan fingerprint density at radius 3 is 2.70 bits per heavy atom. The van der Waals surface area contributed by atoms with E-state index in [-0.39, 0.29) is 11.8 Å². The van der Waals surface area contributed by atoms with Crippen molar-refractivity contribution in [2.45, 2.75) is 19.4 Å². The van der Waals surface area contributed by atoms with Gasteiger partial charge >= 0.3 is 0 Å². The first-order valence-electron chi connectivity index (χ1n) is 10.7. The molecule has 3 aromatic rings. The summed E-state index contributed by atoms with van der Waals surface area (Å²) < 4.78 is 11.2. The number of nitrogens with one attached hydrogen (secondary N) is 1. The Labute approximate surface area is 192 Å². The van der Waals surface area contributed by atoms with Crippen LogP contribution < -0.4 is 19.7 Å². The molecule has 0 atom stereocenters. The third-order valence-electron chi connectivity index (χ3n) is 5.23. The quantitative estimate of drug-likeness (QED) is 0.521. The van der Waals surface area contributed by atoms with E-state index in [0.717, 1.165) is 29.1 Å². The molecule has 168 valence electrons. The molecule has 2 amide bonds. The number of pyridine rings is 1. The summed E-state index contributed by atoms with van der Waals surface area (Å²) in [4.78, 5) is 30.3. The fourth-order valence-corrected chi connectivity index (χ4v) is 3.55. The van der Waals surface area contributed by atoms with Gasteiger partial charge in [-0.3, -0.25) is 14.6 Å². The number of carbonyl (C=O) groups excluding carboxylic acids is 2. The Balaban J connectivity index is 1.33. The summed E-state index contributed by atoms with van der Waals surface area (Å²) in [7, 11) is 1.55. The standard InChI is InChI=1S/C26H25N3O4/c1-32-24-17-20(10-13-23(24)29-16-4-6-26(29)31)28-25(30)14-9-19-7-11-22(12-8-19)33-18-21-5-2-3-15-27-21/h2-3,5,7-15,17H,4,6,16,18H2,1H3,(H,28,30)/b14-9+. The molecule has 1 fully saturated rings. The van der Waals surface area contributed by atoms with Gasteiger partial charge in [-0.25, -0.2) is 0 Å². The van der Waals surface area contributed by atoms with Crippen LogP contribution in [-0.4, -0.2) is 30.5 Å². The molecular weight excluding hydrogens is 418 g/mol. The van der Waals surface area contributed by atoms with Crippen LogP contribution in [0.1, 0.15) is 24.1 Å². The molecule has 7 heteroatoms. The molecule has 0 aliphatic carbocycles. The molecule has 0 saturated carbocycles. The number of hydrogen-bond donors (Lipinski definition) is 1. The highest BCUT2D eigenvalue weighted by Crippen LogP contribution is 2.33. The SMILES string of the molecule is COc1cc(NC(=O)/C=C/c2ccc(OCc3ccccn3)cc2)ccc1N1CCCC1=O. The van der Waals surface area contributed by atoms with Gasteiger partial charge in [-0.05, 0) is 54.5 Å². The molecule has 0 bridgehead atoms. The van der Waals surface area contributed by atoms with E-state index < -0.39 is 0 Å². The number of carbonyl (C=O) groups is 2. The lowest BCUT2D eigenvalue weighted by atomic mass is 10.2. The van der Waals surface area contributed by atoms with Crippen molar-refractivity contribution < 1.29 is 19.1 Å². The summed E-state index contributed by atoms with van der Waals surface area (Å²) in [5.41, 5.74) is 3.04. The van der Waals surface area contributed by atoms with E-state index in [0.29, 0.717) is 31.0 Å². The number of benzene rings is 2. The molecule has 1 saturated heterocycles. The summed E-state index contributed by atoms with van der Waals surface area (Å²) in [6.45, 7) is 1.07. The highest BCUT2D eigenvalue weighted by molar-refractivity contribution is 6.02. The molecule has 2 heterocycles. The van der Waals surface area contributed by atoms with Crippen LogP contribution in [-0.2, 0) is 16.2 Å². The van der Waals surface area contributed by atoms with E-state index in [2.05, 4.69) is 10.3 Å². The van der Waals surface area contributed by atoms with Gasteiger partial charge in [0.2, 0.25) is 11.8 Å². The molecule has 1 N–H and O–H groups in total. The number of anilines is 2. The van der Waals surface area contributed by atoms with Crippen molar-refractivity contribution in [1.82, 2.24) is 4.98 Å². The number of hydrogen-bond acceptors (Lipinski definition) is 5. The van der Waals surface area contributed by atoms with E-state index in [1.807, 2.05) is 42.5 Å². The third kappa shape index (κ3) is 5.77. The lowest BCUT2D eigenvalue weighted by Gasteiger charge is -2.19. The second kappa shape index (κ2) is 10.5. The van der Waals surface area contributed by atoms with E-state index in [9.17, 15) is 9.59 Å². The lowest BCUT2D eigenvalue weighted by molar-refractivity contribution is -0.117. The average molecular weight is 444 g/mol. The van der Waals surface area contributed by atoms with Crippen molar-refractivity contribution in [1.29, 1.82) is 0 Å². The van der Waals surface area contributed by atoms with Crippen molar-refractivity contribution in [2.24, 2.45) is 0 Å². The number of nitrogens with zero attached hydrogens (tertiary/aromatic N) is 2. The minimum atomic E-state index is -0.266. The smallest absolute Gasteiger partial charge is 0.248 e. The monoisotopic (exact) mass is 443 g/mol. The number of ether oxygens (including phenoxy) is 2. The minimum absolute atomic E-state index is 0.0844. The van der Waals surface area contributed by atoms with Crippen LogP contribution in [0.15, 0.2) is 72.9 Å². The molecule has 7 nitrogen and oxygen atoms in total. The van der Waals surface area contributed by atoms with Crippen molar-refractivity contribution in [3.63, 3.8) is 0 Å². The van der Waals surface area contributed by atoms with Gasteiger partial charge in [-0.1, -0.05) is 18.2 Å². The number of aromatic nitrogens is 1. The first-order valence-corrected chi connectivity index (χ1v) is 10.7. The van der Waals surface area contributed by atoms with Crippen LogP contribution in [0.3, 0.4) is 0 Å². The zero-order chi connectivity index (χ0) is 23.0. The van der Waals surface area contributed by atoms with Gasteiger partial charge in [0.15, 0.2) is 0 Å². The Morgan fingerprint density at radius 1 is 1.15 bits per heavy atom. The molecule has 1 aliphatic rings. The maximum Gasteiger partial charge on any atom is 0.248 e. The first-order chi connectivity index (χ1) is 16.1. The fraction of sp³-hybridized carbons (Fsp3) is 0.192. The molecule has 0 spiro atoms. The third-order valence-corrected chi connectivity index (χ3v) is 5.23. The Kier molecular flexibility index (Phi) is 6.99. The van der Waals surface area contributed by atoms with Crippen molar-refractivity contribution >= 4 is 29.3 Å². The maximum atomic E-state index is 12.4. The minimum Gasteiger partial charge on any atom is -0.494 e. The number of rotatable bonds is 8. The number of amides is 2. The van der Waals surface area contributed by atoms with Gasteiger partial charge in [0.05, 0.1) is 18.5 Å². The van der Waals surface area contributed by atoms with Gasteiger partial charge in [0.25, 0.3) is 0 Å². The highest BCUT2D eigenvalue weighted by atomic mass is 16.5. The molecule has 0 radical (unpaired) electrons. The Hall–Kier alpha value is -4.13. The lowest BCUT2D eigenvalue weighted by Crippen LogP contribution is -2.24. The summed E-state index contributed by atoms with van der Waals surface area (Å²) >= 11 is 0. The number of methoxy groups -OCH3 is 1. The summed E-state index contributed by atoms with van der Waals surface area (Å²) in [6.07, 6.45) is 6.31. The van der Waals surface area contributed by atoms with Crippen molar-refractivity contribution in [2.75, 3.05) is 23.9 Å². The summed E-state index contributed by atoms with van der Waals surface area (Å²) in [5, 5.41) is 2.82. The summed E-state index contributed by atoms with van der Waals surface area (Å²) in [5.74, 6) is 1.10. The topological polar surface area (TPSA) is 80.8 Å². The molecular formula is C26H25N3O4. The second-order valence-electron chi connectivity index (χ2n) is 7.54. The molecule has 33 heavy (non-hydrogen) atoms. The van der Waals surface area contributed by atoms with Gasteiger partial charge in [-0.15, -0.1) is 0 Å². The van der Waals surface area contributed by atoms with Gasteiger partial charge in [-0.2, -0.15) is 0 Å². The molecule has 2 aromatic carbocycles. The predicted octanol–water partition coefficient (Wildman–Crippen LogP) is 4.45. The Bertz CT molecular complexity index is 1140. The molecule has 1 aromatic heterocycles. The van der Waals surface area contributed by atoms with Crippen LogP contribution in [0.25, 0.3) is 6.08 Å². The maximum absolute atomic E-state index is 12.4. The summed E-state index contributed by atoms with van der Waals surface area (Å²) in [6, 6.07) is 18.4. The van der Waals surface area contributed by atoms with Crippen LogP contribution in [0.2, 0.25) is 0 Å². The van der Waals surface area contributed by atoms with Gasteiger partial charge in [0, 0.05) is 37.0 Å². The molecule has 0 unspecified atom stereocenters. The van der Waals surface area contributed by atoms with E-state index >= 15 is 0 Å².